The number of rotatable bonds is 3. The zero-order valence-electron chi connectivity index (χ0n) is 4.37. The van der Waals surface area contributed by atoms with Gasteiger partial charge in [0.05, 0.1) is 0 Å². The van der Waals surface area contributed by atoms with Gasteiger partial charge in [0.25, 0.3) is 0 Å². The first-order chi connectivity index (χ1) is 3.81. The molecule has 0 aliphatic carbocycles. The molecule has 0 N–H and O–H groups in total. The van der Waals surface area contributed by atoms with E-state index in [1.165, 1.54) is 6.08 Å². The Balaban J connectivity index is 3.65. The van der Waals surface area contributed by atoms with Crippen LogP contribution in [0, 0.1) is 0 Å². The van der Waals surface area contributed by atoms with Crippen molar-refractivity contribution in [2.24, 2.45) is 0 Å². The minimum atomic E-state index is -0.248. The van der Waals surface area contributed by atoms with E-state index in [2.05, 4.69) is 11.4 Å². The van der Waals surface area contributed by atoms with Crippen LogP contribution in [0.2, 0.25) is 0 Å². The van der Waals surface area contributed by atoms with E-state index in [0.29, 0.717) is 0 Å². The fourth-order valence-corrected chi connectivity index (χ4v) is 0.259. The number of hydrogen-bond donors (Lipinski definition) is 0. The van der Waals surface area contributed by atoms with Gasteiger partial charge in [-0.05, 0) is 0 Å². The molecule has 42 valence electrons. The van der Waals surface area contributed by atoms with Crippen molar-refractivity contribution in [3.63, 3.8) is 0 Å². The molecule has 0 saturated heterocycles. The Kier molecular flexibility index (Phi) is 3.36. The van der Waals surface area contributed by atoms with Gasteiger partial charge >= 0.3 is 6.21 Å². The van der Waals surface area contributed by atoms with E-state index in [1.54, 1.807) is 0 Å². The second-order valence-corrected chi connectivity index (χ2v) is 1.20. The highest BCUT2D eigenvalue weighted by molar-refractivity contribution is 6.25. The monoisotopic (exact) mass is 110 g/mol. The molecule has 0 aromatic rings. The summed E-state index contributed by atoms with van der Waals surface area (Å²) in [7, 11) is 0. The van der Waals surface area contributed by atoms with Gasteiger partial charge in [-0.15, -0.1) is 6.58 Å². The number of carbonyl (C=O) groups is 1. The van der Waals surface area contributed by atoms with Crippen LogP contribution in [0.5, 0.6) is 0 Å². The fraction of sp³-hybridized carbons (Fsp3) is 0.200. The van der Waals surface area contributed by atoms with Crippen molar-refractivity contribution in [1.29, 1.82) is 0 Å². The molecule has 0 radical (unpaired) electrons. The van der Waals surface area contributed by atoms with Crippen LogP contribution in [0.25, 0.3) is 5.53 Å². The Hall–Kier alpha value is -1.21. The number of allylic oxidation sites excluding steroid dienone is 1. The maximum atomic E-state index is 10.3. The number of Topliss-reactive ketones (excluding diaryl/α,β-unsaturated/α-hetero) is 1. The third-order valence-electron chi connectivity index (χ3n) is 0.547. The van der Waals surface area contributed by atoms with Crippen molar-refractivity contribution in [1.82, 2.24) is 0 Å². The summed E-state index contributed by atoms with van der Waals surface area (Å²) in [6.45, 7) is 3.32. The molecule has 0 amide bonds. The van der Waals surface area contributed by atoms with Gasteiger partial charge in [0.2, 0.25) is 5.78 Å². The van der Waals surface area contributed by atoms with E-state index in [-0.39, 0.29) is 12.2 Å². The number of nitrogens with zero attached hydrogens (tertiary/aromatic N) is 2. The van der Waals surface area contributed by atoms with E-state index >= 15 is 0 Å². The van der Waals surface area contributed by atoms with Crippen molar-refractivity contribution in [3.8, 4) is 0 Å². The highest BCUT2D eigenvalue weighted by atomic mass is 16.1. The quantitative estimate of drug-likeness (QED) is 0.225. The molecule has 0 fully saturated rings. The summed E-state index contributed by atoms with van der Waals surface area (Å²) in [5.74, 6) is -0.248. The van der Waals surface area contributed by atoms with Gasteiger partial charge in [0, 0.05) is 6.42 Å². The molecule has 0 aromatic heterocycles. The Morgan fingerprint density at radius 1 is 1.88 bits per heavy atom. The van der Waals surface area contributed by atoms with Crippen LogP contribution >= 0.6 is 0 Å². The average Bonchev–Trinajstić information content (AvgIpc) is 1.68. The zero-order chi connectivity index (χ0) is 6.41. The maximum Gasteiger partial charge on any atom is 0.323 e. The highest BCUT2D eigenvalue weighted by Crippen LogP contribution is 1.76. The Morgan fingerprint density at radius 3 is 2.88 bits per heavy atom. The topological polar surface area (TPSA) is 53.5 Å². The Bertz CT molecular complexity index is 145. The molecular formula is C5H6N2O. The molecule has 0 unspecified atom stereocenters. The first-order valence-corrected chi connectivity index (χ1v) is 2.12. The molecule has 0 atom stereocenters. The molecular weight excluding hydrogens is 104 g/mol. The summed E-state index contributed by atoms with van der Waals surface area (Å²) in [5, 5.41) is 0. The van der Waals surface area contributed by atoms with Crippen molar-refractivity contribution in [2.75, 3.05) is 0 Å². The summed E-state index contributed by atoms with van der Waals surface area (Å²) in [6.07, 6.45) is 2.52. The Morgan fingerprint density at radius 2 is 2.50 bits per heavy atom. The van der Waals surface area contributed by atoms with Crippen molar-refractivity contribution in [2.45, 2.75) is 6.42 Å². The molecule has 0 bridgehead atoms. The predicted octanol–water partition coefficient (Wildman–Crippen LogP) is 0.432. The summed E-state index contributed by atoms with van der Waals surface area (Å²) >= 11 is 0. The summed E-state index contributed by atoms with van der Waals surface area (Å²) in [5.41, 5.74) is 7.78. The summed E-state index contributed by atoms with van der Waals surface area (Å²) < 4.78 is 0. The SMILES string of the molecule is C=CCC(=O)C=[N+]=[N-]. The molecule has 0 rings (SSSR count). The second-order valence-electron chi connectivity index (χ2n) is 1.20. The van der Waals surface area contributed by atoms with E-state index in [0.717, 1.165) is 6.21 Å². The lowest BCUT2D eigenvalue weighted by Crippen LogP contribution is -1.95. The smallest absolute Gasteiger partial charge is 0.323 e. The minimum Gasteiger partial charge on any atom is -0.361 e. The predicted molar refractivity (Wildman–Crippen MR) is 29.5 cm³/mol. The van der Waals surface area contributed by atoms with E-state index in [9.17, 15) is 4.79 Å². The molecule has 0 heterocycles. The zero-order valence-corrected chi connectivity index (χ0v) is 4.37. The first kappa shape index (κ1) is 6.79. The van der Waals surface area contributed by atoms with Gasteiger partial charge < -0.3 is 5.53 Å². The van der Waals surface area contributed by atoms with E-state index in [1.807, 2.05) is 0 Å². The van der Waals surface area contributed by atoms with Crippen molar-refractivity contribution >= 4 is 12.0 Å². The van der Waals surface area contributed by atoms with Gasteiger partial charge in [0.1, 0.15) is 0 Å². The van der Waals surface area contributed by atoms with Crippen LogP contribution in [-0.4, -0.2) is 16.8 Å². The number of carbonyl (C=O) groups excluding carboxylic acids is 1. The fourth-order valence-electron chi connectivity index (χ4n) is 0.259. The molecule has 8 heavy (non-hydrogen) atoms. The Labute approximate surface area is 47.3 Å². The second kappa shape index (κ2) is 3.96. The normalized spacial score (nSPS) is 7.00. The third kappa shape index (κ3) is 3.00. The van der Waals surface area contributed by atoms with Crippen LogP contribution in [0.3, 0.4) is 0 Å². The van der Waals surface area contributed by atoms with Gasteiger partial charge in [-0.2, -0.15) is 4.79 Å². The lowest BCUT2D eigenvalue weighted by atomic mass is 10.3. The van der Waals surface area contributed by atoms with Crippen molar-refractivity contribution < 1.29 is 9.58 Å². The molecule has 0 aliphatic heterocycles. The highest BCUT2D eigenvalue weighted by Gasteiger charge is 1.95. The first-order valence-electron chi connectivity index (χ1n) is 2.12. The van der Waals surface area contributed by atoms with Gasteiger partial charge in [-0.25, -0.2) is 0 Å². The molecule has 0 saturated carbocycles. The summed E-state index contributed by atoms with van der Waals surface area (Å²) in [6, 6.07) is 0. The minimum absolute atomic E-state index is 0.226. The lowest BCUT2D eigenvalue weighted by molar-refractivity contribution is -0.115. The van der Waals surface area contributed by atoms with Gasteiger partial charge in [0.15, 0.2) is 0 Å². The molecule has 0 spiro atoms. The van der Waals surface area contributed by atoms with Crippen LogP contribution in [0.1, 0.15) is 6.42 Å². The van der Waals surface area contributed by atoms with Gasteiger partial charge in [-0.1, -0.05) is 6.08 Å². The van der Waals surface area contributed by atoms with Crippen molar-refractivity contribution in [3.05, 3.63) is 18.2 Å². The largest absolute Gasteiger partial charge is 0.361 e. The average molecular weight is 110 g/mol. The molecule has 0 aliphatic rings. The molecule has 3 nitrogen and oxygen atoms in total. The van der Waals surface area contributed by atoms with E-state index in [4.69, 9.17) is 5.53 Å². The van der Waals surface area contributed by atoms with Gasteiger partial charge in [-0.3, -0.25) is 4.79 Å². The van der Waals surface area contributed by atoms with Crippen LogP contribution in [-0.2, 0) is 4.79 Å². The van der Waals surface area contributed by atoms with Crippen LogP contribution in [0.4, 0.5) is 0 Å². The summed E-state index contributed by atoms with van der Waals surface area (Å²) in [4.78, 5) is 12.8. The lowest BCUT2D eigenvalue weighted by Gasteiger charge is -1.72. The third-order valence-corrected chi connectivity index (χ3v) is 0.547. The van der Waals surface area contributed by atoms with Crippen LogP contribution < -0.4 is 0 Å². The van der Waals surface area contributed by atoms with Crippen LogP contribution in [0.15, 0.2) is 12.7 Å². The number of hydrogen-bond acceptors (Lipinski definition) is 1. The molecule has 3 heteroatoms. The maximum absolute atomic E-state index is 10.3. The number of ketones is 1. The van der Waals surface area contributed by atoms with E-state index < -0.39 is 0 Å². The standard InChI is InChI=1S/C5H6N2O/c1-2-3-5(8)4-7-6/h2,4H,1,3H2. The molecule has 0 aromatic carbocycles.